The van der Waals surface area contributed by atoms with Crippen LogP contribution in [-0.4, -0.2) is 86.4 Å². The van der Waals surface area contributed by atoms with Crippen LogP contribution in [0, 0.1) is 0 Å². The lowest BCUT2D eigenvalue weighted by atomic mass is 10.1. The van der Waals surface area contributed by atoms with Crippen LogP contribution in [0.15, 0.2) is 18.2 Å². The summed E-state index contributed by atoms with van der Waals surface area (Å²) in [4.78, 5) is 26.6. The van der Waals surface area contributed by atoms with E-state index in [4.69, 9.17) is 14.6 Å². The zero-order chi connectivity index (χ0) is 20.0. The van der Waals surface area contributed by atoms with Gasteiger partial charge in [0.05, 0.1) is 26.4 Å². The SMILES string of the molecule is COc1cc(C(=O)N2CCOC(CN(C)CC(=O)O)C2)ccc1OC(F)F. The van der Waals surface area contributed by atoms with Crippen LogP contribution in [0.1, 0.15) is 10.4 Å². The van der Waals surface area contributed by atoms with Gasteiger partial charge in [-0.05, 0) is 25.2 Å². The number of amides is 1. The lowest BCUT2D eigenvalue weighted by Gasteiger charge is -2.34. The summed E-state index contributed by atoms with van der Waals surface area (Å²) in [6, 6.07) is 4.00. The van der Waals surface area contributed by atoms with Crippen molar-refractivity contribution in [3.8, 4) is 11.5 Å². The third kappa shape index (κ3) is 6.04. The van der Waals surface area contributed by atoms with Crippen molar-refractivity contribution in [3.63, 3.8) is 0 Å². The third-order valence-electron chi connectivity index (χ3n) is 3.97. The molecule has 27 heavy (non-hydrogen) atoms. The molecule has 0 saturated carbocycles. The number of rotatable bonds is 8. The number of carboxylic acid groups (broad SMARTS) is 1. The maximum absolute atomic E-state index is 12.7. The molecule has 1 saturated heterocycles. The van der Waals surface area contributed by atoms with E-state index in [2.05, 4.69) is 4.74 Å². The van der Waals surface area contributed by atoms with Crippen molar-refractivity contribution >= 4 is 11.9 Å². The molecule has 0 bridgehead atoms. The number of likely N-dealkylation sites (N-methyl/N-ethyl adjacent to an activating group) is 1. The molecule has 150 valence electrons. The molecular weight excluding hydrogens is 366 g/mol. The number of morpholine rings is 1. The smallest absolute Gasteiger partial charge is 0.387 e. The summed E-state index contributed by atoms with van der Waals surface area (Å²) in [5.41, 5.74) is 0.271. The molecule has 10 heteroatoms. The maximum atomic E-state index is 12.7. The minimum absolute atomic E-state index is 0.0344. The molecule has 2 rings (SSSR count). The number of halogens is 2. The van der Waals surface area contributed by atoms with Crippen LogP contribution in [0.2, 0.25) is 0 Å². The minimum Gasteiger partial charge on any atom is -0.493 e. The molecule has 1 N–H and O–H groups in total. The van der Waals surface area contributed by atoms with Gasteiger partial charge in [0.1, 0.15) is 0 Å². The van der Waals surface area contributed by atoms with Gasteiger partial charge in [0.2, 0.25) is 0 Å². The van der Waals surface area contributed by atoms with Crippen LogP contribution < -0.4 is 9.47 Å². The lowest BCUT2D eigenvalue weighted by molar-refractivity contribution is -0.138. The van der Waals surface area contributed by atoms with Gasteiger partial charge in [0.15, 0.2) is 11.5 Å². The first kappa shape index (κ1) is 20.8. The van der Waals surface area contributed by atoms with Crippen molar-refractivity contribution in [2.75, 3.05) is 46.9 Å². The van der Waals surface area contributed by atoms with E-state index in [-0.39, 0.29) is 35.6 Å². The third-order valence-corrected chi connectivity index (χ3v) is 3.97. The van der Waals surface area contributed by atoms with Crippen LogP contribution in [0.4, 0.5) is 8.78 Å². The Bertz CT molecular complexity index is 673. The number of hydrogen-bond acceptors (Lipinski definition) is 6. The average molecular weight is 388 g/mol. The van der Waals surface area contributed by atoms with Crippen molar-refractivity contribution < 1.29 is 37.7 Å². The van der Waals surface area contributed by atoms with E-state index in [1.165, 1.54) is 25.3 Å². The molecule has 1 atom stereocenters. The Morgan fingerprint density at radius 3 is 2.78 bits per heavy atom. The Labute approximate surface area is 155 Å². The van der Waals surface area contributed by atoms with Gasteiger partial charge >= 0.3 is 12.6 Å². The Kier molecular flexibility index (Phi) is 7.31. The van der Waals surface area contributed by atoms with Crippen molar-refractivity contribution in [2.24, 2.45) is 0 Å². The molecule has 0 aliphatic carbocycles. The number of benzene rings is 1. The van der Waals surface area contributed by atoms with Gasteiger partial charge in [0.25, 0.3) is 5.91 Å². The fourth-order valence-electron chi connectivity index (χ4n) is 2.83. The van der Waals surface area contributed by atoms with E-state index in [0.717, 1.165) is 0 Å². The molecule has 1 aliphatic rings. The number of methoxy groups -OCH3 is 1. The highest BCUT2D eigenvalue weighted by atomic mass is 19.3. The van der Waals surface area contributed by atoms with Gasteiger partial charge < -0.3 is 24.2 Å². The molecule has 0 aromatic heterocycles. The second kappa shape index (κ2) is 9.47. The van der Waals surface area contributed by atoms with Gasteiger partial charge in [-0.25, -0.2) is 0 Å². The monoisotopic (exact) mass is 388 g/mol. The normalized spacial score (nSPS) is 17.3. The summed E-state index contributed by atoms with van der Waals surface area (Å²) >= 11 is 0. The van der Waals surface area contributed by atoms with Crippen LogP contribution in [0.5, 0.6) is 11.5 Å². The van der Waals surface area contributed by atoms with Gasteiger partial charge in [-0.2, -0.15) is 8.78 Å². The molecular formula is C17H22F2N2O6. The van der Waals surface area contributed by atoms with Gasteiger partial charge in [-0.1, -0.05) is 0 Å². The fourth-order valence-corrected chi connectivity index (χ4v) is 2.83. The van der Waals surface area contributed by atoms with Crippen LogP contribution >= 0.6 is 0 Å². The predicted octanol–water partition coefficient (Wildman–Crippen LogP) is 1.15. The summed E-state index contributed by atoms with van der Waals surface area (Å²) in [6.45, 7) is -1.78. The Morgan fingerprint density at radius 2 is 2.15 bits per heavy atom. The standard InChI is InChI=1S/C17H22F2N2O6/c1-20(10-15(22)23)8-12-9-21(5-6-26-12)16(24)11-3-4-13(27-17(18)19)14(7-11)25-2/h3-4,7,12,17H,5-6,8-10H2,1-2H3,(H,22,23). The second-order valence-corrected chi connectivity index (χ2v) is 6.08. The molecule has 1 fully saturated rings. The van der Waals surface area contributed by atoms with E-state index in [1.54, 1.807) is 16.8 Å². The minimum atomic E-state index is -3.00. The van der Waals surface area contributed by atoms with Gasteiger partial charge in [-0.15, -0.1) is 0 Å². The van der Waals surface area contributed by atoms with Crippen molar-refractivity contribution in [1.82, 2.24) is 9.80 Å². The van der Waals surface area contributed by atoms with Crippen LogP contribution in [0.3, 0.4) is 0 Å². The highest BCUT2D eigenvalue weighted by Gasteiger charge is 2.27. The number of hydrogen-bond donors (Lipinski definition) is 1. The Morgan fingerprint density at radius 1 is 1.41 bits per heavy atom. The van der Waals surface area contributed by atoms with Crippen molar-refractivity contribution in [2.45, 2.75) is 12.7 Å². The number of carbonyl (C=O) groups excluding carboxylic acids is 1. The lowest BCUT2D eigenvalue weighted by Crippen LogP contribution is -2.49. The van der Waals surface area contributed by atoms with Gasteiger partial charge in [-0.3, -0.25) is 14.5 Å². The average Bonchev–Trinajstić information content (AvgIpc) is 2.60. The molecule has 0 spiro atoms. The zero-order valence-electron chi connectivity index (χ0n) is 15.1. The Hall–Kier alpha value is -2.46. The molecule has 1 unspecified atom stereocenters. The first-order valence-electron chi connectivity index (χ1n) is 8.24. The number of aliphatic carboxylic acids is 1. The quantitative estimate of drug-likeness (QED) is 0.715. The molecule has 1 aliphatic heterocycles. The van der Waals surface area contributed by atoms with E-state index in [0.29, 0.717) is 26.2 Å². The van der Waals surface area contributed by atoms with E-state index < -0.39 is 12.6 Å². The zero-order valence-corrected chi connectivity index (χ0v) is 15.1. The maximum Gasteiger partial charge on any atom is 0.387 e. The summed E-state index contributed by atoms with van der Waals surface area (Å²) < 4.78 is 39.8. The summed E-state index contributed by atoms with van der Waals surface area (Å²) in [7, 11) is 2.95. The van der Waals surface area contributed by atoms with Crippen molar-refractivity contribution in [3.05, 3.63) is 23.8 Å². The predicted molar refractivity (Wildman–Crippen MR) is 90.4 cm³/mol. The van der Waals surface area contributed by atoms with E-state index in [1.807, 2.05) is 0 Å². The number of alkyl halides is 2. The summed E-state index contributed by atoms with van der Waals surface area (Å²) in [5.74, 6) is -1.36. The van der Waals surface area contributed by atoms with E-state index in [9.17, 15) is 18.4 Å². The Balaban J connectivity index is 2.04. The second-order valence-electron chi connectivity index (χ2n) is 6.08. The molecule has 8 nitrogen and oxygen atoms in total. The molecule has 1 aromatic rings. The molecule has 1 heterocycles. The number of carbonyl (C=O) groups is 2. The van der Waals surface area contributed by atoms with Crippen LogP contribution in [0.25, 0.3) is 0 Å². The molecule has 1 aromatic carbocycles. The highest BCUT2D eigenvalue weighted by Crippen LogP contribution is 2.30. The topological polar surface area (TPSA) is 88.5 Å². The summed E-state index contributed by atoms with van der Waals surface area (Å²) in [5, 5.41) is 8.81. The molecule has 0 radical (unpaired) electrons. The first-order chi connectivity index (χ1) is 12.8. The van der Waals surface area contributed by atoms with Gasteiger partial charge in [0, 0.05) is 25.2 Å². The number of carboxylic acids is 1. The van der Waals surface area contributed by atoms with Crippen LogP contribution in [-0.2, 0) is 9.53 Å². The van der Waals surface area contributed by atoms with E-state index >= 15 is 0 Å². The molecule has 1 amide bonds. The summed E-state index contributed by atoms with van der Waals surface area (Å²) in [6.07, 6.45) is -0.324. The fraction of sp³-hybridized carbons (Fsp3) is 0.529. The number of ether oxygens (including phenoxy) is 3. The number of nitrogens with zero attached hydrogens (tertiary/aromatic N) is 2. The van der Waals surface area contributed by atoms with Crippen molar-refractivity contribution in [1.29, 1.82) is 0 Å². The highest BCUT2D eigenvalue weighted by molar-refractivity contribution is 5.95. The first-order valence-corrected chi connectivity index (χ1v) is 8.24. The largest absolute Gasteiger partial charge is 0.493 e.